The van der Waals surface area contributed by atoms with Gasteiger partial charge in [-0.25, -0.2) is 8.42 Å². The monoisotopic (exact) mass is 442 g/mol. The van der Waals surface area contributed by atoms with Crippen molar-refractivity contribution in [1.82, 2.24) is 0 Å². The highest BCUT2D eigenvalue weighted by molar-refractivity contribution is 7.97. The normalized spacial score (nSPS) is 17.8. The molecule has 154 valence electrons. The van der Waals surface area contributed by atoms with Crippen LogP contribution >= 0.6 is 0 Å². The number of rotatable bonds is 5. The molecule has 2 aromatic rings. The fourth-order valence-corrected chi connectivity index (χ4v) is 6.00. The smallest absolute Gasteiger partial charge is 0.432 e. The predicted octanol–water partition coefficient (Wildman–Crippen LogP) is 4.06. The third-order valence-corrected chi connectivity index (χ3v) is 7.73. The zero-order chi connectivity index (χ0) is 20.7. The first-order chi connectivity index (χ1) is 12.9. The molecule has 0 aliphatic carbocycles. The first-order valence-corrected chi connectivity index (χ1v) is 11.2. The number of alkyl halides is 5. The predicted molar refractivity (Wildman–Crippen MR) is 93.7 cm³/mol. The Morgan fingerprint density at radius 3 is 2.21 bits per heavy atom. The van der Waals surface area contributed by atoms with Gasteiger partial charge in [0.05, 0.1) is 0 Å². The molecule has 0 spiro atoms. The average molecular weight is 442 g/mol. The number of benzene rings is 2. The van der Waals surface area contributed by atoms with Crippen LogP contribution in [0, 0.1) is 0 Å². The lowest BCUT2D eigenvalue weighted by molar-refractivity contribution is -0.239. The first kappa shape index (κ1) is 21.1. The molecule has 1 saturated heterocycles. The summed E-state index contributed by atoms with van der Waals surface area (Å²) in [5, 5.41) is -4.43. The van der Waals surface area contributed by atoms with E-state index in [9.17, 15) is 34.9 Å². The lowest BCUT2D eigenvalue weighted by Crippen LogP contribution is -2.53. The van der Waals surface area contributed by atoms with Crippen LogP contribution in [0.1, 0.15) is 12.8 Å². The van der Waals surface area contributed by atoms with Gasteiger partial charge in [0, 0.05) is 22.3 Å². The molecule has 0 aromatic heterocycles. The molecule has 1 heterocycles. The second kappa shape index (κ2) is 7.34. The molecule has 0 amide bonds. The zero-order valence-electron chi connectivity index (χ0n) is 14.2. The fraction of sp³-hybridized carbons (Fsp3) is 0.412. The van der Waals surface area contributed by atoms with Crippen molar-refractivity contribution in [3.8, 4) is 5.75 Å². The molecule has 0 saturated carbocycles. The minimum absolute atomic E-state index is 0.278. The van der Waals surface area contributed by atoms with Crippen molar-refractivity contribution in [2.24, 2.45) is 0 Å². The van der Waals surface area contributed by atoms with E-state index in [0.29, 0.717) is 10.3 Å². The summed E-state index contributed by atoms with van der Waals surface area (Å²) in [6, 6.07) is 9.12. The van der Waals surface area contributed by atoms with E-state index in [-0.39, 0.29) is 10.9 Å². The second-order valence-corrected chi connectivity index (χ2v) is 10.0. The van der Waals surface area contributed by atoms with Crippen LogP contribution in [0.5, 0.6) is 5.75 Å². The molecule has 1 fully saturated rings. The van der Waals surface area contributed by atoms with Gasteiger partial charge in [-0.05, 0) is 30.4 Å². The van der Waals surface area contributed by atoms with Crippen LogP contribution < -0.4 is 4.74 Å². The summed E-state index contributed by atoms with van der Waals surface area (Å²) in [5.41, 5.74) is 0. The van der Waals surface area contributed by atoms with Crippen molar-refractivity contribution in [3.63, 3.8) is 0 Å². The zero-order valence-corrected chi connectivity index (χ0v) is 15.8. The van der Waals surface area contributed by atoms with Crippen molar-refractivity contribution in [2.45, 2.75) is 35.3 Å². The Kier molecular flexibility index (Phi) is 5.54. The van der Waals surface area contributed by atoms with Crippen LogP contribution in [0.25, 0.3) is 10.8 Å². The number of halogens is 5. The molecular formula is C17H15F5O4S2. The van der Waals surface area contributed by atoms with E-state index < -0.39 is 33.4 Å². The number of fused-ring (bicyclic) bond motifs is 1. The summed E-state index contributed by atoms with van der Waals surface area (Å²) in [6.07, 6.45) is -7.99. The second-order valence-electron chi connectivity index (χ2n) is 6.31. The van der Waals surface area contributed by atoms with E-state index in [0.717, 1.165) is 35.8 Å². The van der Waals surface area contributed by atoms with Gasteiger partial charge in [0.25, 0.3) is 6.10 Å². The van der Waals surface area contributed by atoms with Crippen molar-refractivity contribution in [2.75, 3.05) is 11.5 Å². The van der Waals surface area contributed by atoms with E-state index in [1.807, 2.05) is 0 Å². The average Bonchev–Trinajstić information content (AvgIpc) is 3.11. The van der Waals surface area contributed by atoms with Crippen molar-refractivity contribution in [1.29, 1.82) is 0 Å². The molecule has 28 heavy (non-hydrogen) atoms. The topological polar surface area (TPSA) is 66.4 Å². The highest BCUT2D eigenvalue weighted by Gasteiger charge is 2.62. The summed E-state index contributed by atoms with van der Waals surface area (Å²) >= 11 is 0. The Bertz CT molecular complexity index is 969. The van der Waals surface area contributed by atoms with Gasteiger partial charge in [-0.1, -0.05) is 18.2 Å². The van der Waals surface area contributed by atoms with Gasteiger partial charge >= 0.3 is 11.4 Å². The van der Waals surface area contributed by atoms with E-state index in [2.05, 4.69) is 4.74 Å². The fourth-order valence-electron chi connectivity index (χ4n) is 3.02. The molecule has 4 nitrogen and oxygen atoms in total. The van der Waals surface area contributed by atoms with Crippen molar-refractivity contribution in [3.05, 3.63) is 36.4 Å². The SMILES string of the molecule is O=S(=O)([O-])C(F)(F)C(Oc1cc([S+]2CCCC2)c2ccccc2c1)C(F)(F)F. The maximum Gasteiger partial charge on any atom is 0.432 e. The molecule has 1 atom stereocenters. The molecular weight excluding hydrogens is 427 g/mol. The van der Waals surface area contributed by atoms with Gasteiger partial charge in [0.1, 0.15) is 17.3 Å². The summed E-state index contributed by atoms with van der Waals surface area (Å²) in [4.78, 5) is 0.680. The molecule has 11 heteroatoms. The summed E-state index contributed by atoms with van der Waals surface area (Å²) in [5.74, 6) is 1.08. The minimum atomic E-state index is -6.60. The largest absolute Gasteiger partial charge is 0.743 e. The van der Waals surface area contributed by atoms with Crippen LogP contribution in [0.15, 0.2) is 41.3 Å². The number of hydrogen-bond acceptors (Lipinski definition) is 4. The molecule has 1 unspecified atom stereocenters. The molecule has 1 aliphatic rings. The lowest BCUT2D eigenvalue weighted by Gasteiger charge is -2.30. The Labute approximate surface area is 160 Å². The van der Waals surface area contributed by atoms with Crippen LogP contribution in [0.3, 0.4) is 0 Å². The molecule has 3 rings (SSSR count). The lowest BCUT2D eigenvalue weighted by atomic mass is 10.1. The Morgan fingerprint density at radius 1 is 1.04 bits per heavy atom. The van der Waals surface area contributed by atoms with Crippen LogP contribution in [-0.4, -0.2) is 42.0 Å². The third kappa shape index (κ3) is 4.06. The Hall–Kier alpha value is -1.59. The first-order valence-electron chi connectivity index (χ1n) is 8.18. The van der Waals surface area contributed by atoms with E-state index in [1.165, 1.54) is 6.07 Å². The molecule has 0 N–H and O–H groups in total. The summed E-state index contributed by atoms with van der Waals surface area (Å²) in [6.45, 7) is 0. The highest BCUT2D eigenvalue weighted by Crippen LogP contribution is 2.40. The van der Waals surface area contributed by atoms with E-state index in [4.69, 9.17) is 0 Å². The molecule has 2 aromatic carbocycles. The van der Waals surface area contributed by atoms with E-state index >= 15 is 0 Å². The minimum Gasteiger partial charge on any atom is -0.743 e. The van der Waals surface area contributed by atoms with Gasteiger partial charge in [-0.3, -0.25) is 0 Å². The van der Waals surface area contributed by atoms with Gasteiger partial charge in [-0.15, -0.1) is 0 Å². The Morgan fingerprint density at radius 2 is 1.64 bits per heavy atom. The van der Waals surface area contributed by atoms with Gasteiger partial charge in [0.2, 0.25) is 0 Å². The maximum absolute atomic E-state index is 13.7. The summed E-state index contributed by atoms with van der Waals surface area (Å²) < 4.78 is 104. The maximum atomic E-state index is 13.7. The number of hydrogen-bond donors (Lipinski definition) is 0. The number of ether oxygens (including phenoxy) is 1. The van der Waals surface area contributed by atoms with Gasteiger partial charge in [0.15, 0.2) is 15.0 Å². The van der Waals surface area contributed by atoms with Gasteiger partial charge < -0.3 is 9.29 Å². The molecule has 0 bridgehead atoms. The van der Waals surface area contributed by atoms with Crippen molar-refractivity contribution < 1.29 is 39.7 Å². The van der Waals surface area contributed by atoms with Crippen LogP contribution in [0.4, 0.5) is 22.0 Å². The van der Waals surface area contributed by atoms with E-state index in [1.54, 1.807) is 24.3 Å². The highest BCUT2D eigenvalue weighted by atomic mass is 32.2. The molecule has 1 aliphatic heterocycles. The van der Waals surface area contributed by atoms with Crippen LogP contribution in [-0.2, 0) is 21.0 Å². The van der Waals surface area contributed by atoms with Gasteiger partial charge in [-0.2, -0.15) is 22.0 Å². The summed E-state index contributed by atoms with van der Waals surface area (Å²) in [7, 11) is -6.88. The van der Waals surface area contributed by atoms with Crippen molar-refractivity contribution >= 4 is 31.8 Å². The Balaban J connectivity index is 2.09. The standard InChI is InChI=1S/C17H15F5O4S2/c18-16(19,20)15(17(21,22)28(23,24)25)26-12-9-11-5-1-2-6-13(11)14(10-12)27-7-3-4-8-27/h1-2,5-6,9-10,15H,3-4,7-8H2. The third-order valence-electron chi connectivity index (χ3n) is 4.33. The quantitative estimate of drug-likeness (QED) is 0.398. The molecule has 0 radical (unpaired) electrons. The van der Waals surface area contributed by atoms with Crippen LogP contribution in [0.2, 0.25) is 0 Å².